The van der Waals surface area contributed by atoms with Crippen LogP contribution in [0.25, 0.3) is 0 Å². The van der Waals surface area contributed by atoms with Crippen molar-refractivity contribution in [2.75, 3.05) is 6.54 Å². The standard InChI is InChI=1S/C20H25N3O3/c24-17-8-9-23(19(12-17)15-4-2-1-3-5-15)20(25)21-13-16-11-18(26-22-16)10-14-6-7-14/h1-5,11,14,17,19,24H,6-10,12-13H2,(H,21,25)/t17-,19+/m1/s1. The van der Waals surface area contributed by atoms with Gasteiger partial charge in [0.1, 0.15) is 11.5 Å². The average molecular weight is 355 g/mol. The lowest BCUT2D eigenvalue weighted by Gasteiger charge is -2.38. The van der Waals surface area contributed by atoms with Gasteiger partial charge in [-0.3, -0.25) is 0 Å². The summed E-state index contributed by atoms with van der Waals surface area (Å²) in [5.41, 5.74) is 1.80. The van der Waals surface area contributed by atoms with Gasteiger partial charge in [-0.2, -0.15) is 0 Å². The lowest BCUT2D eigenvalue weighted by atomic mass is 9.94. The maximum atomic E-state index is 12.7. The fourth-order valence-corrected chi connectivity index (χ4v) is 3.59. The predicted molar refractivity (Wildman–Crippen MR) is 96.3 cm³/mol. The molecule has 1 aromatic carbocycles. The summed E-state index contributed by atoms with van der Waals surface area (Å²) in [4.78, 5) is 14.5. The molecule has 4 rings (SSSR count). The fraction of sp³-hybridized carbons (Fsp3) is 0.500. The van der Waals surface area contributed by atoms with Crippen LogP contribution in [-0.4, -0.2) is 33.8 Å². The third-order valence-corrected chi connectivity index (χ3v) is 5.24. The van der Waals surface area contributed by atoms with Gasteiger partial charge in [-0.05, 0) is 37.2 Å². The Morgan fingerprint density at radius 3 is 2.85 bits per heavy atom. The van der Waals surface area contributed by atoms with Gasteiger partial charge in [-0.25, -0.2) is 4.79 Å². The number of hydrogen-bond donors (Lipinski definition) is 2. The number of rotatable bonds is 5. The van der Waals surface area contributed by atoms with Crippen LogP contribution in [0.15, 0.2) is 40.9 Å². The van der Waals surface area contributed by atoms with Crippen molar-refractivity contribution >= 4 is 6.03 Å². The van der Waals surface area contributed by atoms with Crippen molar-refractivity contribution in [3.05, 3.63) is 53.4 Å². The van der Waals surface area contributed by atoms with Crippen LogP contribution in [-0.2, 0) is 13.0 Å². The monoisotopic (exact) mass is 355 g/mol. The molecule has 2 aromatic rings. The number of aliphatic hydroxyl groups is 1. The molecule has 2 atom stereocenters. The van der Waals surface area contributed by atoms with Crippen molar-refractivity contribution in [2.45, 2.75) is 50.8 Å². The average Bonchev–Trinajstić information content (AvgIpc) is 3.36. The molecule has 2 N–H and O–H groups in total. The summed E-state index contributed by atoms with van der Waals surface area (Å²) in [6.45, 7) is 0.895. The molecule has 2 heterocycles. The summed E-state index contributed by atoms with van der Waals surface area (Å²) in [5.74, 6) is 1.65. The van der Waals surface area contributed by atoms with E-state index in [2.05, 4.69) is 10.5 Å². The minimum Gasteiger partial charge on any atom is -0.393 e. The molecule has 1 aliphatic heterocycles. The van der Waals surface area contributed by atoms with E-state index in [9.17, 15) is 9.90 Å². The number of carbonyl (C=O) groups excluding carboxylic acids is 1. The molecule has 26 heavy (non-hydrogen) atoms. The summed E-state index contributed by atoms with van der Waals surface area (Å²) in [7, 11) is 0. The zero-order chi connectivity index (χ0) is 17.9. The maximum Gasteiger partial charge on any atom is 0.318 e. The van der Waals surface area contributed by atoms with Crippen molar-refractivity contribution in [1.29, 1.82) is 0 Å². The molecule has 0 spiro atoms. The summed E-state index contributed by atoms with van der Waals surface area (Å²) >= 11 is 0. The number of urea groups is 1. The fourth-order valence-electron chi connectivity index (χ4n) is 3.59. The number of likely N-dealkylation sites (tertiary alicyclic amines) is 1. The van der Waals surface area contributed by atoms with Crippen molar-refractivity contribution < 1.29 is 14.4 Å². The second kappa shape index (κ2) is 7.50. The van der Waals surface area contributed by atoms with Gasteiger partial charge >= 0.3 is 6.03 Å². The van der Waals surface area contributed by atoms with E-state index < -0.39 is 0 Å². The number of aliphatic hydroxyl groups excluding tert-OH is 1. The zero-order valence-electron chi connectivity index (χ0n) is 14.8. The minimum absolute atomic E-state index is 0.109. The van der Waals surface area contributed by atoms with Crippen molar-refractivity contribution in [2.24, 2.45) is 5.92 Å². The second-order valence-corrected chi connectivity index (χ2v) is 7.39. The Bertz CT molecular complexity index is 742. The molecule has 0 radical (unpaired) electrons. The van der Waals surface area contributed by atoms with Gasteiger partial charge < -0.3 is 19.8 Å². The molecule has 2 fully saturated rings. The van der Waals surface area contributed by atoms with Gasteiger partial charge in [-0.1, -0.05) is 35.5 Å². The lowest BCUT2D eigenvalue weighted by Crippen LogP contribution is -2.47. The summed E-state index contributed by atoms with van der Waals surface area (Å²) in [6.07, 6.45) is 4.29. The highest BCUT2D eigenvalue weighted by Crippen LogP contribution is 2.33. The van der Waals surface area contributed by atoms with Crippen LogP contribution in [0.2, 0.25) is 0 Å². The van der Waals surface area contributed by atoms with Crippen LogP contribution in [0, 0.1) is 5.92 Å². The number of hydrogen-bond acceptors (Lipinski definition) is 4. The maximum absolute atomic E-state index is 12.7. The van der Waals surface area contributed by atoms with Crippen LogP contribution < -0.4 is 5.32 Å². The van der Waals surface area contributed by atoms with Crippen LogP contribution in [0.3, 0.4) is 0 Å². The Morgan fingerprint density at radius 2 is 2.08 bits per heavy atom. The van der Waals surface area contributed by atoms with Gasteiger partial charge in [-0.15, -0.1) is 0 Å². The van der Waals surface area contributed by atoms with E-state index in [1.807, 2.05) is 41.3 Å². The van der Waals surface area contributed by atoms with E-state index >= 15 is 0 Å². The van der Waals surface area contributed by atoms with E-state index in [1.54, 1.807) is 0 Å². The van der Waals surface area contributed by atoms with Crippen molar-refractivity contribution in [3.8, 4) is 0 Å². The lowest BCUT2D eigenvalue weighted by molar-refractivity contribution is 0.0584. The Kier molecular flexibility index (Phi) is 4.93. The first-order valence-electron chi connectivity index (χ1n) is 9.41. The highest BCUT2D eigenvalue weighted by Gasteiger charge is 2.32. The Morgan fingerprint density at radius 1 is 1.27 bits per heavy atom. The van der Waals surface area contributed by atoms with Crippen molar-refractivity contribution in [3.63, 3.8) is 0 Å². The number of aromatic nitrogens is 1. The second-order valence-electron chi connectivity index (χ2n) is 7.39. The number of carbonyl (C=O) groups is 1. The molecule has 1 saturated carbocycles. The third kappa shape index (κ3) is 4.07. The number of amides is 2. The van der Waals surface area contributed by atoms with Gasteiger partial charge in [0.2, 0.25) is 0 Å². The summed E-state index contributed by atoms with van der Waals surface area (Å²) < 4.78 is 5.35. The number of nitrogens with one attached hydrogen (secondary N) is 1. The zero-order valence-corrected chi connectivity index (χ0v) is 14.8. The Labute approximate surface area is 153 Å². The molecule has 1 aliphatic carbocycles. The van der Waals surface area contributed by atoms with E-state index in [0.29, 0.717) is 25.9 Å². The minimum atomic E-state index is -0.371. The topological polar surface area (TPSA) is 78.6 Å². The molecule has 2 aliphatic rings. The molecule has 6 heteroatoms. The van der Waals surface area contributed by atoms with Crippen LogP contribution in [0.1, 0.15) is 48.7 Å². The number of piperidine rings is 1. The molecule has 138 valence electrons. The SMILES string of the molecule is O=C(NCc1cc(CC2CC2)on1)N1CC[C@@H](O)C[C@H]1c1ccccc1. The molecule has 6 nitrogen and oxygen atoms in total. The molecule has 1 aromatic heterocycles. The van der Waals surface area contributed by atoms with Gasteiger partial charge in [0.05, 0.1) is 18.7 Å². The van der Waals surface area contributed by atoms with Crippen LogP contribution >= 0.6 is 0 Å². The normalized spacial score (nSPS) is 23.0. The molecule has 0 bridgehead atoms. The molecule has 2 amide bonds. The number of benzene rings is 1. The smallest absolute Gasteiger partial charge is 0.318 e. The predicted octanol–water partition coefficient (Wildman–Crippen LogP) is 3.03. The van der Waals surface area contributed by atoms with E-state index in [0.717, 1.165) is 29.4 Å². The van der Waals surface area contributed by atoms with E-state index in [-0.39, 0.29) is 18.2 Å². The Hall–Kier alpha value is -2.34. The summed E-state index contributed by atoms with van der Waals surface area (Å²) in [5, 5.41) is 17.1. The first-order chi connectivity index (χ1) is 12.7. The van der Waals surface area contributed by atoms with Gasteiger partial charge in [0.25, 0.3) is 0 Å². The quantitative estimate of drug-likeness (QED) is 0.864. The first-order valence-corrected chi connectivity index (χ1v) is 9.41. The molecular formula is C20H25N3O3. The van der Waals surface area contributed by atoms with Gasteiger partial charge in [0, 0.05) is 19.0 Å². The highest BCUT2D eigenvalue weighted by molar-refractivity contribution is 5.74. The van der Waals surface area contributed by atoms with E-state index in [4.69, 9.17) is 4.52 Å². The van der Waals surface area contributed by atoms with Crippen molar-refractivity contribution in [1.82, 2.24) is 15.4 Å². The Balaban J connectivity index is 1.38. The van der Waals surface area contributed by atoms with Gasteiger partial charge in [0.15, 0.2) is 0 Å². The van der Waals surface area contributed by atoms with Crippen LogP contribution in [0.4, 0.5) is 4.79 Å². The summed E-state index contributed by atoms with van der Waals surface area (Å²) in [6, 6.07) is 11.6. The first kappa shape index (κ1) is 17.1. The highest BCUT2D eigenvalue weighted by atomic mass is 16.5. The van der Waals surface area contributed by atoms with E-state index in [1.165, 1.54) is 12.8 Å². The molecular weight excluding hydrogens is 330 g/mol. The molecule has 0 unspecified atom stereocenters. The number of nitrogens with zero attached hydrogens (tertiary/aromatic N) is 2. The third-order valence-electron chi connectivity index (χ3n) is 5.24. The van der Waals surface area contributed by atoms with Crippen LogP contribution in [0.5, 0.6) is 0 Å². The largest absolute Gasteiger partial charge is 0.393 e. The molecule has 1 saturated heterocycles.